The average Bonchev–Trinajstić information content (AvgIpc) is 2.18. The highest BCUT2D eigenvalue weighted by Gasteiger charge is 1.98. The number of halogens is 1. The van der Waals surface area contributed by atoms with Crippen molar-refractivity contribution in [1.82, 2.24) is 5.32 Å². The summed E-state index contributed by atoms with van der Waals surface area (Å²) in [4.78, 5) is 0. The lowest BCUT2D eigenvalue weighted by molar-refractivity contribution is 0.471. The van der Waals surface area contributed by atoms with E-state index in [1.807, 2.05) is 12.1 Å². The van der Waals surface area contributed by atoms with E-state index in [1.54, 1.807) is 6.07 Å². The van der Waals surface area contributed by atoms with Gasteiger partial charge in [0, 0.05) is 6.54 Å². The van der Waals surface area contributed by atoms with Crippen molar-refractivity contribution >= 4 is 15.9 Å². The van der Waals surface area contributed by atoms with Gasteiger partial charge in [-0.15, -0.1) is 0 Å². The summed E-state index contributed by atoms with van der Waals surface area (Å²) in [5.74, 6) is 0.274. The Kier molecular flexibility index (Phi) is 4.93. The van der Waals surface area contributed by atoms with Crippen molar-refractivity contribution < 1.29 is 5.11 Å². The van der Waals surface area contributed by atoms with Crippen LogP contribution in [0, 0.1) is 0 Å². The molecular weight excluding hydrogens is 244 g/mol. The number of nitrogens with one attached hydrogen (secondary N) is 1. The Morgan fingerprint density at radius 2 is 2.21 bits per heavy atom. The second-order valence-corrected chi connectivity index (χ2v) is 3.96. The zero-order chi connectivity index (χ0) is 10.4. The fourth-order valence-electron chi connectivity index (χ4n) is 1.12. The van der Waals surface area contributed by atoms with E-state index in [1.165, 1.54) is 0 Å². The Morgan fingerprint density at radius 3 is 2.86 bits per heavy atom. The van der Waals surface area contributed by atoms with E-state index in [2.05, 4.69) is 21.2 Å². The van der Waals surface area contributed by atoms with Gasteiger partial charge in [0.05, 0.1) is 4.47 Å². The van der Waals surface area contributed by atoms with Gasteiger partial charge in [0.25, 0.3) is 0 Å². The first-order valence-corrected chi connectivity index (χ1v) is 5.41. The number of phenolic OH excluding ortho intramolecular Hbond substituents is 1. The first-order chi connectivity index (χ1) is 6.74. The van der Waals surface area contributed by atoms with Crippen LogP contribution in [0.5, 0.6) is 5.75 Å². The Labute approximate surface area is 92.4 Å². The first-order valence-electron chi connectivity index (χ1n) is 4.62. The van der Waals surface area contributed by atoms with Gasteiger partial charge in [-0.3, -0.25) is 0 Å². The minimum atomic E-state index is 0.274. The van der Waals surface area contributed by atoms with Crippen molar-refractivity contribution in [3.63, 3.8) is 0 Å². The van der Waals surface area contributed by atoms with Crippen LogP contribution >= 0.6 is 15.9 Å². The van der Waals surface area contributed by atoms with Crippen LogP contribution in [-0.4, -0.2) is 18.2 Å². The predicted octanol–water partition coefficient (Wildman–Crippen LogP) is 1.59. The second-order valence-electron chi connectivity index (χ2n) is 3.10. The minimum Gasteiger partial charge on any atom is -0.507 e. The third-order valence-electron chi connectivity index (χ3n) is 1.90. The molecule has 1 rings (SSSR count). The molecule has 0 atom stereocenters. The van der Waals surface area contributed by atoms with Gasteiger partial charge < -0.3 is 16.2 Å². The fraction of sp³-hybridized carbons (Fsp3) is 0.400. The van der Waals surface area contributed by atoms with Crippen molar-refractivity contribution in [3.05, 3.63) is 28.2 Å². The standard InChI is InChI=1S/C10H15BrN2O/c11-9-6-8(2-3-10(9)14)7-13-5-1-4-12/h2-3,6,13-14H,1,4-5,7,12H2. The van der Waals surface area contributed by atoms with E-state index >= 15 is 0 Å². The molecule has 0 aliphatic heterocycles. The quantitative estimate of drug-likeness (QED) is 0.704. The molecule has 0 amide bonds. The third-order valence-corrected chi connectivity index (χ3v) is 2.53. The largest absolute Gasteiger partial charge is 0.507 e. The highest BCUT2D eigenvalue weighted by atomic mass is 79.9. The number of aromatic hydroxyl groups is 1. The average molecular weight is 259 g/mol. The van der Waals surface area contributed by atoms with Gasteiger partial charge in [0.1, 0.15) is 5.75 Å². The summed E-state index contributed by atoms with van der Waals surface area (Å²) in [5, 5.41) is 12.5. The van der Waals surface area contributed by atoms with Gasteiger partial charge in [0.2, 0.25) is 0 Å². The molecule has 0 spiro atoms. The van der Waals surface area contributed by atoms with Gasteiger partial charge in [-0.25, -0.2) is 0 Å². The molecule has 0 saturated heterocycles. The maximum Gasteiger partial charge on any atom is 0.129 e. The first kappa shape index (κ1) is 11.5. The normalized spacial score (nSPS) is 10.4. The van der Waals surface area contributed by atoms with Crippen LogP contribution in [0.4, 0.5) is 0 Å². The molecule has 1 aromatic rings. The highest BCUT2D eigenvalue weighted by molar-refractivity contribution is 9.10. The van der Waals surface area contributed by atoms with Gasteiger partial charge in [0.15, 0.2) is 0 Å². The Hall–Kier alpha value is -0.580. The molecule has 0 saturated carbocycles. The predicted molar refractivity (Wildman–Crippen MR) is 61.2 cm³/mol. The molecule has 0 aromatic heterocycles. The Bertz CT molecular complexity index is 291. The summed E-state index contributed by atoms with van der Waals surface area (Å²) in [6.45, 7) is 2.44. The lowest BCUT2D eigenvalue weighted by Crippen LogP contribution is -2.17. The number of hydrogen-bond donors (Lipinski definition) is 3. The third kappa shape index (κ3) is 3.65. The summed E-state index contributed by atoms with van der Waals surface area (Å²) < 4.78 is 0.732. The molecule has 0 aliphatic rings. The lowest BCUT2D eigenvalue weighted by Gasteiger charge is -2.05. The van der Waals surface area contributed by atoms with Crippen LogP contribution in [0.3, 0.4) is 0 Å². The lowest BCUT2D eigenvalue weighted by atomic mass is 10.2. The SMILES string of the molecule is NCCCNCc1ccc(O)c(Br)c1. The molecule has 4 N–H and O–H groups in total. The Balaban J connectivity index is 2.39. The summed E-state index contributed by atoms with van der Waals surface area (Å²) in [6.07, 6.45) is 0.985. The Morgan fingerprint density at radius 1 is 1.43 bits per heavy atom. The van der Waals surface area contributed by atoms with Crippen molar-refractivity contribution in [3.8, 4) is 5.75 Å². The van der Waals surface area contributed by atoms with E-state index in [-0.39, 0.29) is 5.75 Å². The summed E-state index contributed by atoms with van der Waals surface area (Å²) in [7, 11) is 0. The van der Waals surface area contributed by atoms with E-state index in [0.717, 1.165) is 29.5 Å². The molecule has 1 aromatic carbocycles. The molecule has 0 radical (unpaired) electrons. The van der Waals surface area contributed by atoms with Crippen molar-refractivity contribution in [2.45, 2.75) is 13.0 Å². The van der Waals surface area contributed by atoms with Crippen LogP contribution in [0.25, 0.3) is 0 Å². The molecule has 3 nitrogen and oxygen atoms in total. The highest BCUT2D eigenvalue weighted by Crippen LogP contribution is 2.23. The monoisotopic (exact) mass is 258 g/mol. The van der Waals surface area contributed by atoms with Crippen molar-refractivity contribution in [1.29, 1.82) is 0 Å². The van der Waals surface area contributed by atoms with Crippen molar-refractivity contribution in [2.75, 3.05) is 13.1 Å². The molecule has 0 unspecified atom stereocenters. The maximum absolute atomic E-state index is 9.27. The molecule has 0 fully saturated rings. The van der Waals surface area contributed by atoms with Gasteiger partial charge in [-0.1, -0.05) is 6.07 Å². The molecule has 0 aliphatic carbocycles. The summed E-state index contributed by atoms with van der Waals surface area (Å²) in [5.41, 5.74) is 6.52. The van der Waals surface area contributed by atoms with E-state index in [4.69, 9.17) is 5.73 Å². The van der Waals surface area contributed by atoms with E-state index in [9.17, 15) is 5.11 Å². The molecule has 0 bridgehead atoms. The minimum absolute atomic E-state index is 0.274. The summed E-state index contributed by atoms with van der Waals surface area (Å²) in [6, 6.07) is 5.49. The molecule has 78 valence electrons. The fourth-order valence-corrected chi connectivity index (χ4v) is 1.55. The smallest absolute Gasteiger partial charge is 0.129 e. The molecule has 14 heavy (non-hydrogen) atoms. The van der Waals surface area contributed by atoms with Crippen LogP contribution < -0.4 is 11.1 Å². The van der Waals surface area contributed by atoms with Crippen LogP contribution in [-0.2, 0) is 6.54 Å². The van der Waals surface area contributed by atoms with E-state index in [0.29, 0.717) is 6.54 Å². The molecule has 0 heterocycles. The molecule has 4 heteroatoms. The van der Waals surface area contributed by atoms with Crippen LogP contribution in [0.15, 0.2) is 22.7 Å². The van der Waals surface area contributed by atoms with Crippen LogP contribution in [0.1, 0.15) is 12.0 Å². The molecular formula is C10H15BrN2O. The zero-order valence-corrected chi connectivity index (χ0v) is 9.55. The number of hydrogen-bond acceptors (Lipinski definition) is 3. The number of nitrogens with two attached hydrogens (primary N) is 1. The number of phenols is 1. The second kappa shape index (κ2) is 6.01. The zero-order valence-electron chi connectivity index (χ0n) is 7.96. The van der Waals surface area contributed by atoms with Gasteiger partial charge >= 0.3 is 0 Å². The number of benzene rings is 1. The van der Waals surface area contributed by atoms with Gasteiger partial charge in [-0.05, 0) is 53.1 Å². The topological polar surface area (TPSA) is 58.3 Å². The van der Waals surface area contributed by atoms with Gasteiger partial charge in [-0.2, -0.15) is 0 Å². The summed E-state index contributed by atoms with van der Waals surface area (Å²) >= 11 is 3.27. The van der Waals surface area contributed by atoms with Crippen LogP contribution in [0.2, 0.25) is 0 Å². The van der Waals surface area contributed by atoms with Crippen molar-refractivity contribution in [2.24, 2.45) is 5.73 Å². The maximum atomic E-state index is 9.27. The number of rotatable bonds is 5. The van der Waals surface area contributed by atoms with E-state index < -0.39 is 0 Å².